The average molecular weight is 307 g/mol. The molecule has 0 radical (unpaired) electrons. The highest BCUT2D eigenvalue weighted by molar-refractivity contribution is 7.09. The third-order valence-electron chi connectivity index (χ3n) is 3.91. The number of nitrogens with one attached hydrogen (secondary N) is 1. The van der Waals surface area contributed by atoms with E-state index in [1.807, 2.05) is 23.4 Å². The molecule has 0 aliphatic carbocycles. The van der Waals surface area contributed by atoms with Crippen LogP contribution in [0, 0.1) is 0 Å². The fourth-order valence-electron chi connectivity index (χ4n) is 2.65. The Hall–Kier alpha value is -1.17. The van der Waals surface area contributed by atoms with Crippen molar-refractivity contribution in [2.75, 3.05) is 33.2 Å². The molecule has 0 saturated carbocycles. The van der Waals surface area contributed by atoms with Gasteiger partial charge in [-0.3, -0.25) is 9.69 Å². The number of hydrogen-bond acceptors (Lipinski definition) is 4. The predicted octanol–water partition coefficient (Wildman–Crippen LogP) is 1.95. The number of likely N-dealkylation sites (N-methyl/N-ethyl adjacent to an activating group) is 1. The van der Waals surface area contributed by atoms with Crippen molar-refractivity contribution in [1.29, 1.82) is 0 Å². The quantitative estimate of drug-likeness (QED) is 0.782. The second-order valence-electron chi connectivity index (χ2n) is 5.56. The van der Waals surface area contributed by atoms with Crippen LogP contribution in [0.5, 0.6) is 0 Å². The van der Waals surface area contributed by atoms with Gasteiger partial charge < -0.3 is 10.2 Å². The Morgan fingerprint density at radius 1 is 1.62 bits per heavy atom. The first-order valence-electron chi connectivity index (χ1n) is 7.52. The van der Waals surface area contributed by atoms with E-state index in [-0.39, 0.29) is 5.91 Å². The molecule has 1 atom stereocenters. The van der Waals surface area contributed by atoms with E-state index in [9.17, 15) is 4.79 Å². The summed E-state index contributed by atoms with van der Waals surface area (Å²) < 4.78 is 0. The van der Waals surface area contributed by atoms with Crippen LogP contribution in [0.4, 0.5) is 0 Å². The smallest absolute Gasteiger partial charge is 0.237 e. The fraction of sp³-hybridized carbons (Fsp3) is 0.562. The van der Waals surface area contributed by atoms with Gasteiger partial charge in [-0.05, 0) is 37.9 Å². The first-order valence-corrected chi connectivity index (χ1v) is 8.40. The maximum absolute atomic E-state index is 12.5. The number of carbonyl (C=O) groups is 1. The van der Waals surface area contributed by atoms with Gasteiger partial charge in [0, 0.05) is 24.0 Å². The number of nitrogens with zero attached hydrogens (tertiary/aromatic N) is 2. The van der Waals surface area contributed by atoms with Crippen molar-refractivity contribution in [3.63, 3.8) is 0 Å². The molecule has 0 aromatic carbocycles. The Morgan fingerprint density at radius 3 is 3.10 bits per heavy atom. The second-order valence-corrected chi connectivity index (χ2v) is 6.59. The topological polar surface area (TPSA) is 35.6 Å². The highest BCUT2D eigenvalue weighted by Gasteiger charge is 2.22. The Bertz CT molecular complexity index is 440. The zero-order valence-corrected chi connectivity index (χ0v) is 13.6. The average Bonchev–Trinajstić information content (AvgIpc) is 3.00. The highest BCUT2D eigenvalue weighted by Crippen LogP contribution is 2.13. The molecule has 1 saturated heterocycles. The molecule has 21 heavy (non-hydrogen) atoms. The van der Waals surface area contributed by atoms with Crippen LogP contribution < -0.4 is 5.32 Å². The molecule has 116 valence electrons. The third kappa shape index (κ3) is 4.95. The number of piperidine rings is 1. The van der Waals surface area contributed by atoms with Crippen molar-refractivity contribution in [1.82, 2.24) is 15.1 Å². The molecule has 0 bridgehead atoms. The Morgan fingerprint density at radius 2 is 2.48 bits per heavy atom. The molecule has 1 N–H and O–H groups in total. The summed E-state index contributed by atoms with van der Waals surface area (Å²) in [4.78, 5) is 17.8. The van der Waals surface area contributed by atoms with Gasteiger partial charge in [0.2, 0.25) is 5.91 Å². The number of carbonyl (C=O) groups excluding carboxylic acids is 1. The molecule has 1 aromatic heterocycles. The van der Waals surface area contributed by atoms with Gasteiger partial charge in [0.25, 0.3) is 0 Å². The summed E-state index contributed by atoms with van der Waals surface area (Å²) in [5.41, 5.74) is 0. The summed E-state index contributed by atoms with van der Waals surface area (Å²) in [6, 6.07) is 4.56. The molecule has 0 spiro atoms. The van der Waals surface area contributed by atoms with E-state index in [2.05, 4.69) is 22.9 Å². The Kier molecular flexibility index (Phi) is 6.42. The van der Waals surface area contributed by atoms with Crippen LogP contribution >= 0.6 is 11.3 Å². The van der Waals surface area contributed by atoms with Gasteiger partial charge in [0.15, 0.2) is 0 Å². The van der Waals surface area contributed by atoms with Crippen molar-refractivity contribution >= 4 is 17.2 Å². The van der Waals surface area contributed by atoms with E-state index in [1.165, 1.54) is 17.7 Å². The maximum Gasteiger partial charge on any atom is 0.237 e. The van der Waals surface area contributed by atoms with E-state index in [0.29, 0.717) is 25.7 Å². The molecule has 1 unspecified atom stereocenters. The lowest BCUT2D eigenvalue weighted by molar-refractivity contribution is -0.132. The molecule has 2 heterocycles. The van der Waals surface area contributed by atoms with E-state index < -0.39 is 0 Å². The lowest BCUT2D eigenvalue weighted by Crippen LogP contribution is -2.48. The van der Waals surface area contributed by atoms with Crippen LogP contribution in [0.25, 0.3) is 0 Å². The maximum atomic E-state index is 12.5. The van der Waals surface area contributed by atoms with Crippen molar-refractivity contribution in [2.24, 2.45) is 0 Å². The molecule has 1 fully saturated rings. The lowest BCUT2D eigenvalue weighted by atomic mass is 10.1. The van der Waals surface area contributed by atoms with E-state index >= 15 is 0 Å². The molecule has 1 aliphatic heterocycles. The monoisotopic (exact) mass is 307 g/mol. The normalized spacial score (nSPS) is 18.7. The molecule has 5 heteroatoms. The third-order valence-corrected chi connectivity index (χ3v) is 4.77. The number of rotatable bonds is 7. The minimum Gasteiger partial charge on any atom is -0.333 e. The van der Waals surface area contributed by atoms with Gasteiger partial charge in [0.05, 0.1) is 13.1 Å². The van der Waals surface area contributed by atoms with Gasteiger partial charge in [0.1, 0.15) is 0 Å². The Labute approximate surface area is 131 Å². The number of amides is 1. The second kappa shape index (κ2) is 8.32. The standard InChI is InChI=1S/C16H25N3OS/c1-3-9-19(12-15-7-5-10-21-15)16(20)13-18(2)14-6-4-8-17-11-14/h3,5,7,10,14,17H,1,4,6,8-9,11-13H2,2H3. The van der Waals surface area contributed by atoms with Gasteiger partial charge >= 0.3 is 0 Å². The van der Waals surface area contributed by atoms with E-state index in [4.69, 9.17) is 0 Å². The van der Waals surface area contributed by atoms with Crippen LogP contribution in [0.3, 0.4) is 0 Å². The summed E-state index contributed by atoms with van der Waals surface area (Å²) in [5, 5.41) is 5.45. The SMILES string of the molecule is C=CCN(Cc1cccs1)C(=O)CN(C)C1CCCNC1. The van der Waals surface area contributed by atoms with Crippen LogP contribution in [-0.4, -0.2) is 55.0 Å². The zero-order chi connectivity index (χ0) is 15.1. The molecule has 1 amide bonds. The summed E-state index contributed by atoms with van der Waals surface area (Å²) in [5.74, 6) is 0.177. The van der Waals surface area contributed by atoms with Gasteiger partial charge in [-0.25, -0.2) is 0 Å². The summed E-state index contributed by atoms with van der Waals surface area (Å²) in [6.45, 7) is 7.61. The predicted molar refractivity (Wildman–Crippen MR) is 88.5 cm³/mol. The van der Waals surface area contributed by atoms with E-state index in [1.54, 1.807) is 17.4 Å². The molecular formula is C16H25N3OS. The minimum absolute atomic E-state index is 0.177. The van der Waals surface area contributed by atoms with Crippen molar-refractivity contribution in [3.8, 4) is 0 Å². The molecular weight excluding hydrogens is 282 g/mol. The van der Waals surface area contributed by atoms with Crippen LogP contribution in [0.1, 0.15) is 17.7 Å². The summed E-state index contributed by atoms with van der Waals surface area (Å²) in [7, 11) is 2.05. The van der Waals surface area contributed by atoms with Crippen molar-refractivity contribution < 1.29 is 4.79 Å². The molecule has 1 aliphatic rings. The summed E-state index contributed by atoms with van der Waals surface area (Å²) in [6.07, 6.45) is 4.16. The number of hydrogen-bond donors (Lipinski definition) is 1. The van der Waals surface area contributed by atoms with Crippen LogP contribution in [0.15, 0.2) is 30.2 Å². The molecule has 2 rings (SSSR count). The van der Waals surface area contributed by atoms with Gasteiger partial charge in [-0.15, -0.1) is 17.9 Å². The summed E-state index contributed by atoms with van der Waals surface area (Å²) >= 11 is 1.69. The van der Waals surface area contributed by atoms with Crippen molar-refractivity contribution in [2.45, 2.75) is 25.4 Å². The van der Waals surface area contributed by atoms with Crippen molar-refractivity contribution in [3.05, 3.63) is 35.0 Å². The first-order chi connectivity index (χ1) is 10.2. The first kappa shape index (κ1) is 16.2. The fourth-order valence-corrected chi connectivity index (χ4v) is 3.37. The minimum atomic E-state index is 0.177. The van der Waals surface area contributed by atoms with E-state index in [0.717, 1.165) is 13.1 Å². The van der Waals surface area contributed by atoms with Gasteiger partial charge in [-0.2, -0.15) is 0 Å². The lowest BCUT2D eigenvalue weighted by Gasteiger charge is -2.32. The molecule has 1 aromatic rings. The van der Waals surface area contributed by atoms with Crippen LogP contribution in [0.2, 0.25) is 0 Å². The number of thiophene rings is 1. The Balaban J connectivity index is 1.89. The highest BCUT2D eigenvalue weighted by atomic mass is 32.1. The molecule has 4 nitrogen and oxygen atoms in total. The largest absolute Gasteiger partial charge is 0.333 e. The zero-order valence-electron chi connectivity index (χ0n) is 12.8. The van der Waals surface area contributed by atoms with Gasteiger partial charge in [-0.1, -0.05) is 12.1 Å². The van der Waals surface area contributed by atoms with Crippen LogP contribution in [-0.2, 0) is 11.3 Å².